The second-order valence-corrected chi connectivity index (χ2v) is 4.55. The number of ether oxygens (including phenoxy) is 1. The van der Waals surface area contributed by atoms with Gasteiger partial charge in [-0.25, -0.2) is 0 Å². The van der Waals surface area contributed by atoms with Gasteiger partial charge in [-0.1, -0.05) is 0 Å². The molecule has 2 heterocycles. The molecule has 1 aliphatic heterocycles. The van der Waals surface area contributed by atoms with E-state index in [4.69, 9.17) is 4.74 Å². The van der Waals surface area contributed by atoms with Crippen molar-refractivity contribution < 1.29 is 9.53 Å². The average Bonchev–Trinajstić information content (AvgIpc) is 2.72. The summed E-state index contributed by atoms with van der Waals surface area (Å²) < 4.78 is 5.69. The van der Waals surface area contributed by atoms with Crippen molar-refractivity contribution in [1.29, 1.82) is 0 Å². The van der Waals surface area contributed by atoms with E-state index in [1.165, 1.54) is 19.8 Å². The largest absolute Gasteiger partial charge is 0.490 e. The van der Waals surface area contributed by atoms with E-state index in [0.717, 1.165) is 6.54 Å². The lowest BCUT2D eigenvalue weighted by molar-refractivity contribution is 0.101. The van der Waals surface area contributed by atoms with Gasteiger partial charge in [0.2, 0.25) is 0 Å². The summed E-state index contributed by atoms with van der Waals surface area (Å²) in [5.74, 6) is 0.693. The van der Waals surface area contributed by atoms with Gasteiger partial charge in [0.25, 0.3) is 0 Å². The van der Waals surface area contributed by atoms with E-state index >= 15 is 0 Å². The van der Waals surface area contributed by atoms with Crippen LogP contribution < -0.4 is 4.74 Å². The van der Waals surface area contributed by atoms with Crippen LogP contribution >= 0.6 is 24.8 Å². The Kier molecular flexibility index (Phi) is 7.99. The fourth-order valence-corrected chi connectivity index (χ4v) is 2.07. The van der Waals surface area contributed by atoms with Crippen molar-refractivity contribution in [2.45, 2.75) is 25.8 Å². The highest BCUT2D eigenvalue weighted by Gasteiger charge is 2.21. The minimum absolute atomic E-state index is 0. The molecular weight excluding hydrogens is 287 g/mol. The summed E-state index contributed by atoms with van der Waals surface area (Å²) in [4.78, 5) is 17.5. The number of likely N-dealkylation sites (tertiary alicyclic amines) is 1. The lowest BCUT2D eigenvalue weighted by atomic mass is 10.2. The van der Waals surface area contributed by atoms with Crippen molar-refractivity contribution in [2.24, 2.45) is 0 Å². The van der Waals surface area contributed by atoms with Crippen molar-refractivity contribution in [1.82, 2.24) is 9.88 Å². The first-order valence-electron chi connectivity index (χ1n) is 5.96. The predicted molar refractivity (Wildman–Crippen MR) is 79.9 cm³/mol. The first kappa shape index (κ1) is 18.2. The number of rotatable bonds is 4. The lowest BCUT2D eigenvalue weighted by Gasteiger charge is -2.19. The van der Waals surface area contributed by atoms with E-state index in [1.807, 2.05) is 0 Å². The predicted octanol–water partition coefficient (Wildman–Crippen LogP) is 2.60. The molecule has 0 spiro atoms. The molecule has 1 aromatic rings. The van der Waals surface area contributed by atoms with Gasteiger partial charge >= 0.3 is 0 Å². The lowest BCUT2D eigenvalue weighted by Crippen LogP contribution is -2.30. The van der Waals surface area contributed by atoms with E-state index in [-0.39, 0.29) is 30.6 Å². The maximum absolute atomic E-state index is 11.2. The minimum Gasteiger partial charge on any atom is -0.490 e. The molecule has 0 bridgehead atoms. The molecule has 4 nitrogen and oxygen atoms in total. The Morgan fingerprint density at radius 2 is 2.21 bits per heavy atom. The maximum atomic E-state index is 11.2. The Morgan fingerprint density at radius 3 is 2.79 bits per heavy atom. The molecule has 19 heavy (non-hydrogen) atoms. The highest BCUT2D eigenvalue weighted by molar-refractivity contribution is 5.94. The second-order valence-electron chi connectivity index (χ2n) is 4.55. The molecule has 0 radical (unpaired) electrons. The highest BCUT2D eigenvalue weighted by Crippen LogP contribution is 2.17. The number of likely N-dealkylation sites (N-methyl/N-ethyl adjacent to an activating group) is 1. The van der Waals surface area contributed by atoms with Gasteiger partial charge in [0.1, 0.15) is 12.4 Å². The van der Waals surface area contributed by atoms with E-state index in [2.05, 4.69) is 16.9 Å². The van der Waals surface area contributed by atoms with Gasteiger partial charge in [-0.05, 0) is 39.4 Å². The summed E-state index contributed by atoms with van der Waals surface area (Å²) in [6.07, 6.45) is 5.63. The molecule has 0 unspecified atom stereocenters. The van der Waals surface area contributed by atoms with E-state index in [1.54, 1.807) is 18.5 Å². The second kappa shape index (κ2) is 8.35. The van der Waals surface area contributed by atoms with E-state index in [0.29, 0.717) is 24.0 Å². The van der Waals surface area contributed by atoms with E-state index in [9.17, 15) is 4.79 Å². The zero-order chi connectivity index (χ0) is 12.3. The molecule has 2 rings (SSSR count). The molecule has 108 valence electrons. The van der Waals surface area contributed by atoms with Crippen molar-refractivity contribution in [3.8, 4) is 5.75 Å². The number of halogens is 2. The summed E-state index contributed by atoms with van der Waals surface area (Å²) in [6.45, 7) is 3.34. The fourth-order valence-electron chi connectivity index (χ4n) is 2.07. The van der Waals surface area contributed by atoms with Crippen LogP contribution in [0.3, 0.4) is 0 Å². The van der Waals surface area contributed by atoms with Crippen LogP contribution in [-0.4, -0.2) is 41.9 Å². The molecule has 0 N–H and O–H groups in total. The van der Waals surface area contributed by atoms with Crippen LogP contribution in [0, 0.1) is 0 Å². The smallest absolute Gasteiger partial charge is 0.161 e. The Hall–Kier alpha value is -0.840. The van der Waals surface area contributed by atoms with Gasteiger partial charge in [0.05, 0.1) is 6.20 Å². The summed E-state index contributed by atoms with van der Waals surface area (Å²) in [5, 5.41) is 0. The SMILES string of the molecule is CC(=O)c1cncc(OC[C@@H]2CCCN2C)c1.Cl.Cl. The molecule has 0 amide bonds. The van der Waals surface area contributed by atoms with Gasteiger partial charge in [-0.3, -0.25) is 9.78 Å². The van der Waals surface area contributed by atoms with Crippen LogP contribution in [0.5, 0.6) is 5.75 Å². The van der Waals surface area contributed by atoms with Crippen LogP contribution in [0.1, 0.15) is 30.1 Å². The van der Waals surface area contributed by atoms with Crippen molar-refractivity contribution >= 4 is 30.6 Å². The van der Waals surface area contributed by atoms with Crippen LogP contribution in [0.4, 0.5) is 0 Å². The molecule has 0 saturated carbocycles. The van der Waals surface area contributed by atoms with Crippen LogP contribution in [-0.2, 0) is 0 Å². The van der Waals surface area contributed by atoms with Gasteiger partial charge in [-0.2, -0.15) is 0 Å². The third-order valence-electron chi connectivity index (χ3n) is 3.23. The van der Waals surface area contributed by atoms with Crippen molar-refractivity contribution in [2.75, 3.05) is 20.2 Å². The number of aromatic nitrogens is 1. The highest BCUT2D eigenvalue weighted by atomic mass is 35.5. The third kappa shape index (κ3) is 4.97. The monoisotopic (exact) mass is 306 g/mol. The molecule has 1 atom stereocenters. The van der Waals surface area contributed by atoms with E-state index < -0.39 is 0 Å². The number of Topliss-reactive ketones (excluding diaryl/α,β-unsaturated/α-hetero) is 1. The third-order valence-corrected chi connectivity index (χ3v) is 3.23. The number of ketones is 1. The Bertz CT molecular complexity index is 415. The summed E-state index contributed by atoms with van der Waals surface area (Å²) in [7, 11) is 2.12. The Balaban J connectivity index is 0.00000162. The molecule has 1 aliphatic rings. The molecule has 1 fully saturated rings. The van der Waals surface area contributed by atoms with Gasteiger partial charge in [0.15, 0.2) is 5.78 Å². The van der Waals surface area contributed by atoms with Gasteiger partial charge in [0, 0.05) is 17.8 Å². The summed E-state index contributed by atoms with van der Waals surface area (Å²) >= 11 is 0. The molecule has 1 aromatic heterocycles. The van der Waals surface area contributed by atoms with Gasteiger partial charge in [-0.15, -0.1) is 24.8 Å². The number of hydrogen-bond donors (Lipinski definition) is 0. The molecular formula is C13H20Cl2N2O2. The summed E-state index contributed by atoms with van der Waals surface area (Å²) in [5.41, 5.74) is 0.599. The number of carbonyl (C=O) groups is 1. The van der Waals surface area contributed by atoms with Crippen molar-refractivity contribution in [3.05, 3.63) is 24.0 Å². The number of carbonyl (C=O) groups excluding carboxylic acids is 1. The molecule has 6 heteroatoms. The summed E-state index contributed by atoms with van der Waals surface area (Å²) in [6, 6.07) is 2.24. The van der Waals surface area contributed by atoms with Crippen molar-refractivity contribution in [3.63, 3.8) is 0 Å². The first-order valence-corrected chi connectivity index (χ1v) is 5.96. The number of hydrogen-bond acceptors (Lipinski definition) is 4. The number of nitrogens with zero attached hydrogens (tertiary/aromatic N) is 2. The fraction of sp³-hybridized carbons (Fsp3) is 0.538. The van der Waals surface area contributed by atoms with Gasteiger partial charge < -0.3 is 9.64 Å². The first-order chi connectivity index (χ1) is 8.16. The molecule has 0 aromatic carbocycles. The zero-order valence-electron chi connectivity index (χ0n) is 11.2. The van der Waals surface area contributed by atoms with Crippen LogP contribution in [0.2, 0.25) is 0 Å². The minimum atomic E-state index is 0. The van der Waals surface area contributed by atoms with Crippen LogP contribution in [0.25, 0.3) is 0 Å². The molecule has 1 saturated heterocycles. The number of pyridine rings is 1. The Labute approximate surface area is 126 Å². The standard InChI is InChI=1S/C13H18N2O2.2ClH/c1-10(16)11-6-13(8-14-7-11)17-9-12-4-3-5-15(12)2;;/h6-8,12H,3-5,9H2,1-2H3;2*1H/t12-;;/m0../s1. The Morgan fingerprint density at radius 1 is 1.47 bits per heavy atom. The topological polar surface area (TPSA) is 42.4 Å². The normalized spacial score (nSPS) is 18.3. The molecule has 0 aliphatic carbocycles. The average molecular weight is 307 g/mol. The zero-order valence-corrected chi connectivity index (χ0v) is 12.8. The quantitative estimate of drug-likeness (QED) is 0.802. The van der Waals surface area contributed by atoms with Crippen LogP contribution in [0.15, 0.2) is 18.5 Å². The maximum Gasteiger partial charge on any atom is 0.161 e.